The average Bonchev–Trinajstić information content (AvgIpc) is 2.71. The number of nitrogens with one attached hydrogen (secondary N) is 1. The Morgan fingerprint density at radius 1 is 1.33 bits per heavy atom. The highest BCUT2D eigenvalue weighted by Crippen LogP contribution is 2.05. The third-order valence-electron chi connectivity index (χ3n) is 3.06. The van der Waals surface area contributed by atoms with Gasteiger partial charge in [0.05, 0.1) is 6.61 Å². The van der Waals surface area contributed by atoms with Crippen molar-refractivity contribution in [3.63, 3.8) is 0 Å². The van der Waals surface area contributed by atoms with Gasteiger partial charge < -0.3 is 15.0 Å². The van der Waals surface area contributed by atoms with E-state index in [-0.39, 0.29) is 0 Å². The third-order valence-corrected chi connectivity index (χ3v) is 3.06. The lowest BCUT2D eigenvalue weighted by molar-refractivity contribution is 0.160. The molecule has 1 saturated heterocycles. The monoisotopic (exact) mass is 214 g/mol. The van der Waals surface area contributed by atoms with Gasteiger partial charge in [0.1, 0.15) is 0 Å². The first-order valence-electron chi connectivity index (χ1n) is 6.31. The smallest absolute Gasteiger partial charge is 0.0615 e. The topological polar surface area (TPSA) is 24.5 Å². The standard InChI is InChI=1S/C12H26N2O/c1-3-6-12(11-15-2)13-7-10-14-8-4-5-9-14/h12-13H,3-11H2,1-2H3. The Morgan fingerprint density at radius 2 is 2.07 bits per heavy atom. The van der Waals surface area contributed by atoms with E-state index in [0.29, 0.717) is 6.04 Å². The van der Waals surface area contributed by atoms with Crippen molar-refractivity contribution < 1.29 is 4.74 Å². The van der Waals surface area contributed by atoms with Crippen LogP contribution in [0.15, 0.2) is 0 Å². The zero-order valence-electron chi connectivity index (χ0n) is 10.3. The van der Waals surface area contributed by atoms with Gasteiger partial charge in [0.25, 0.3) is 0 Å². The second kappa shape index (κ2) is 8.08. The number of likely N-dealkylation sites (tertiary alicyclic amines) is 1. The second-order valence-electron chi connectivity index (χ2n) is 4.44. The summed E-state index contributed by atoms with van der Waals surface area (Å²) in [5.74, 6) is 0. The van der Waals surface area contributed by atoms with E-state index in [0.717, 1.165) is 13.2 Å². The van der Waals surface area contributed by atoms with Crippen LogP contribution in [0.4, 0.5) is 0 Å². The first-order valence-corrected chi connectivity index (χ1v) is 6.31. The molecule has 90 valence electrons. The van der Waals surface area contributed by atoms with Crippen LogP contribution in [0, 0.1) is 0 Å². The quantitative estimate of drug-likeness (QED) is 0.662. The highest BCUT2D eigenvalue weighted by Gasteiger charge is 2.11. The van der Waals surface area contributed by atoms with Crippen molar-refractivity contribution in [3.8, 4) is 0 Å². The van der Waals surface area contributed by atoms with Gasteiger partial charge in [-0.15, -0.1) is 0 Å². The summed E-state index contributed by atoms with van der Waals surface area (Å²) in [7, 11) is 1.78. The fourth-order valence-electron chi connectivity index (χ4n) is 2.23. The van der Waals surface area contributed by atoms with E-state index >= 15 is 0 Å². The fourth-order valence-corrected chi connectivity index (χ4v) is 2.23. The molecular weight excluding hydrogens is 188 g/mol. The molecule has 3 heteroatoms. The predicted molar refractivity (Wildman–Crippen MR) is 64.2 cm³/mol. The Morgan fingerprint density at radius 3 is 2.67 bits per heavy atom. The van der Waals surface area contributed by atoms with Gasteiger partial charge in [-0.2, -0.15) is 0 Å². The molecule has 1 fully saturated rings. The molecule has 1 aliphatic heterocycles. The summed E-state index contributed by atoms with van der Waals surface area (Å²) >= 11 is 0. The Kier molecular flexibility index (Phi) is 6.98. The van der Waals surface area contributed by atoms with E-state index in [4.69, 9.17) is 4.74 Å². The largest absolute Gasteiger partial charge is 0.383 e. The average molecular weight is 214 g/mol. The van der Waals surface area contributed by atoms with Gasteiger partial charge in [-0.3, -0.25) is 0 Å². The molecule has 15 heavy (non-hydrogen) atoms. The molecule has 3 nitrogen and oxygen atoms in total. The fraction of sp³-hybridized carbons (Fsp3) is 1.00. The summed E-state index contributed by atoms with van der Waals surface area (Å²) in [6.45, 7) is 7.96. The van der Waals surface area contributed by atoms with Gasteiger partial charge in [-0.1, -0.05) is 13.3 Å². The summed E-state index contributed by atoms with van der Waals surface area (Å²) in [5, 5.41) is 3.58. The van der Waals surface area contributed by atoms with Gasteiger partial charge in [0.15, 0.2) is 0 Å². The molecule has 0 aromatic heterocycles. The summed E-state index contributed by atoms with van der Waals surface area (Å²) in [4.78, 5) is 2.54. The summed E-state index contributed by atoms with van der Waals surface area (Å²) < 4.78 is 5.20. The number of rotatable bonds is 8. The van der Waals surface area contributed by atoms with Gasteiger partial charge in [0, 0.05) is 26.2 Å². The van der Waals surface area contributed by atoms with Crippen molar-refractivity contribution in [1.29, 1.82) is 0 Å². The van der Waals surface area contributed by atoms with Crippen LogP contribution >= 0.6 is 0 Å². The van der Waals surface area contributed by atoms with Crippen molar-refractivity contribution in [2.75, 3.05) is 39.9 Å². The van der Waals surface area contributed by atoms with E-state index in [1.165, 1.54) is 45.3 Å². The molecule has 1 N–H and O–H groups in total. The van der Waals surface area contributed by atoms with Crippen LogP contribution in [-0.4, -0.2) is 50.8 Å². The summed E-state index contributed by atoms with van der Waals surface area (Å²) in [5.41, 5.74) is 0. The molecule has 0 aromatic carbocycles. The lowest BCUT2D eigenvalue weighted by Gasteiger charge is -2.20. The molecule has 0 bridgehead atoms. The summed E-state index contributed by atoms with van der Waals surface area (Å²) in [6, 6.07) is 0.544. The van der Waals surface area contributed by atoms with Crippen LogP contribution in [0.2, 0.25) is 0 Å². The lowest BCUT2D eigenvalue weighted by atomic mass is 10.2. The zero-order valence-corrected chi connectivity index (χ0v) is 10.3. The molecule has 1 unspecified atom stereocenters. The minimum Gasteiger partial charge on any atom is -0.383 e. The van der Waals surface area contributed by atoms with Crippen LogP contribution in [-0.2, 0) is 4.74 Å². The molecule has 1 aliphatic rings. The Bertz CT molecular complexity index is 141. The SMILES string of the molecule is CCCC(COC)NCCN1CCCC1. The molecule has 1 atom stereocenters. The van der Waals surface area contributed by atoms with Crippen LogP contribution in [0.5, 0.6) is 0 Å². The predicted octanol–water partition coefficient (Wildman–Crippen LogP) is 1.49. The number of ether oxygens (including phenoxy) is 1. The highest BCUT2D eigenvalue weighted by molar-refractivity contribution is 4.70. The Labute approximate surface area is 94.2 Å². The number of hydrogen-bond donors (Lipinski definition) is 1. The first-order chi connectivity index (χ1) is 7.36. The molecule has 0 radical (unpaired) electrons. The molecular formula is C12H26N2O. The first kappa shape index (κ1) is 12.9. The van der Waals surface area contributed by atoms with Crippen molar-refractivity contribution in [2.24, 2.45) is 0 Å². The normalized spacial score (nSPS) is 19.6. The molecule has 1 heterocycles. The maximum Gasteiger partial charge on any atom is 0.0615 e. The molecule has 0 aromatic rings. The van der Waals surface area contributed by atoms with E-state index in [2.05, 4.69) is 17.1 Å². The number of methoxy groups -OCH3 is 1. The molecule has 0 amide bonds. The maximum absolute atomic E-state index is 5.20. The molecule has 1 rings (SSSR count). The van der Waals surface area contributed by atoms with Crippen molar-refractivity contribution in [2.45, 2.75) is 38.6 Å². The second-order valence-corrected chi connectivity index (χ2v) is 4.44. The minimum atomic E-state index is 0.544. The maximum atomic E-state index is 5.20. The highest BCUT2D eigenvalue weighted by atomic mass is 16.5. The van der Waals surface area contributed by atoms with Crippen LogP contribution in [0.1, 0.15) is 32.6 Å². The molecule has 0 saturated carbocycles. The molecule has 0 aliphatic carbocycles. The number of hydrogen-bond acceptors (Lipinski definition) is 3. The van der Waals surface area contributed by atoms with E-state index in [1.807, 2.05) is 0 Å². The molecule has 0 spiro atoms. The Hall–Kier alpha value is -0.120. The van der Waals surface area contributed by atoms with Gasteiger partial charge in [-0.25, -0.2) is 0 Å². The van der Waals surface area contributed by atoms with Crippen LogP contribution in [0.25, 0.3) is 0 Å². The van der Waals surface area contributed by atoms with Gasteiger partial charge >= 0.3 is 0 Å². The van der Waals surface area contributed by atoms with Crippen molar-refractivity contribution in [1.82, 2.24) is 10.2 Å². The van der Waals surface area contributed by atoms with E-state index < -0.39 is 0 Å². The van der Waals surface area contributed by atoms with E-state index in [1.54, 1.807) is 7.11 Å². The zero-order chi connectivity index (χ0) is 10.9. The van der Waals surface area contributed by atoms with Gasteiger partial charge in [-0.05, 0) is 32.4 Å². The van der Waals surface area contributed by atoms with Gasteiger partial charge in [0.2, 0.25) is 0 Å². The third kappa shape index (κ3) is 5.50. The number of nitrogens with zero attached hydrogens (tertiary/aromatic N) is 1. The minimum absolute atomic E-state index is 0.544. The summed E-state index contributed by atoms with van der Waals surface area (Å²) in [6.07, 6.45) is 5.21. The van der Waals surface area contributed by atoms with Crippen LogP contribution in [0.3, 0.4) is 0 Å². The van der Waals surface area contributed by atoms with Crippen molar-refractivity contribution in [3.05, 3.63) is 0 Å². The lowest BCUT2D eigenvalue weighted by Crippen LogP contribution is -2.38. The van der Waals surface area contributed by atoms with Crippen molar-refractivity contribution >= 4 is 0 Å². The van der Waals surface area contributed by atoms with Crippen LogP contribution < -0.4 is 5.32 Å². The van der Waals surface area contributed by atoms with E-state index in [9.17, 15) is 0 Å². The Balaban J connectivity index is 2.04.